The number of benzene rings is 1. The van der Waals surface area contributed by atoms with Crippen LogP contribution in [0.5, 0.6) is 0 Å². The quantitative estimate of drug-likeness (QED) is 0.393. The third-order valence-corrected chi connectivity index (χ3v) is 6.50. The molecular weight excluding hydrogens is 403 g/mol. The van der Waals surface area contributed by atoms with E-state index in [1.54, 1.807) is 18.2 Å². The van der Waals surface area contributed by atoms with E-state index in [2.05, 4.69) is 0 Å². The third kappa shape index (κ3) is 7.49. The smallest absolute Gasteiger partial charge is 0.145 e. The van der Waals surface area contributed by atoms with Crippen LogP contribution in [-0.4, -0.2) is 52.3 Å². The van der Waals surface area contributed by atoms with E-state index in [-0.39, 0.29) is 31.2 Å². The monoisotopic (exact) mass is 424 g/mol. The highest BCUT2D eigenvalue weighted by atomic mass is 35.5. The van der Waals surface area contributed by atoms with Gasteiger partial charge in [0.2, 0.25) is 0 Å². The Balaban J connectivity index is 3.02. The van der Waals surface area contributed by atoms with E-state index in [1.165, 1.54) is 30.4 Å². The maximum Gasteiger partial charge on any atom is 0.145 e. The van der Waals surface area contributed by atoms with Crippen molar-refractivity contribution in [2.45, 2.75) is 18.6 Å². The molecule has 0 bridgehead atoms. The molecule has 140 valence electrons. The maximum absolute atomic E-state index is 12.6. The first-order chi connectivity index (χ1) is 11.9. The number of ketones is 2. The number of halogens is 2. The van der Waals surface area contributed by atoms with Crippen LogP contribution in [0.25, 0.3) is 0 Å². The standard InChI is InChI=1S/C17H22Cl2O4S2/c1-11(22)16(15(23)4-7-24-8-5-20)17(25-9-6-21)12-2-3-13(18)14(19)10-12/h2-3,10,16-17,20-21H,4-9H2,1H3/t16-,17-/m0/s1. The molecule has 25 heavy (non-hydrogen) atoms. The minimum absolute atomic E-state index is 0.0480. The fourth-order valence-corrected chi connectivity index (χ4v) is 4.58. The fourth-order valence-electron chi connectivity index (χ4n) is 2.36. The predicted octanol–water partition coefficient (Wildman–Crippen LogP) is 3.65. The molecule has 0 heterocycles. The minimum Gasteiger partial charge on any atom is -0.396 e. The molecule has 0 saturated carbocycles. The lowest BCUT2D eigenvalue weighted by molar-refractivity contribution is -0.131. The molecule has 1 aromatic carbocycles. The van der Waals surface area contributed by atoms with Gasteiger partial charge in [-0.25, -0.2) is 0 Å². The molecule has 0 aliphatic heterocycles. The van der Waals surface area contributed by atoms with Crippen LogP contribution in [0.15, 0.2) is 18.2 Å². The highest BCUT2D eigenvalue weighted by Crippen LogP contribution is 2.39. The number of aliphatic hydroxyl groups excluding tert-OH is 2. The Morgan fingerprint density at radius 2 is 1.76 bits per heavy atom. The Bertz CT molecular complexity index is 584. The summed E-state index contributed by atoms with van der Waals surface area (Å²) in [4.78, 5) is 24.8. The fraction of sp³-hybridized carbons (Fsp3) is 0.529. The molecule has 0 aliphatic rings. The predicted molar refractivity (Wildman–Crippen MR) is 107 cm³/mol. The van der Waals surface area contributed by atoms with E-state index >= 15 is 0 Å². The van der Waals surface area contributed by atoms with E-state index < -0.39 is 11.2 Å². The number of aliphatic hydroxyl groups is 2. The van der Waals surface area contributed by atoms with Crippen molar-refractivity contribution in [1.29, 1.82) is 0 Å². The lowest BCUT2D eigenvalue weighted by atomic mass is 9.90. The molecule has 1 rings (SSSR count). The van der Waals surface area contributed by atoms with Gasteiger partial charge < -0.3 is 10.2 Å². The molecule has 0 radical (unpaired) electrons. The number of rotatable bonds is 12. The Labute approximate surface area is 166 Å². The number of thioether (sulfide) groups is 2. The van der Waals surface area contributed by atoms with Gasteiger partial charge in [0.25, 0.3) is 0 Å². The second-order valence-electron chi connectivity index (χ2n) is 5.33. The number of carbonyl (C=O) groups excluding carboxylic acids is 2. The summed E-state index contributed by atoms with van der Waals surface area (Å²) in [6, 6.07) is 5.07. The van der Waals surface area contributed by atoms with Gasteiger partial charge in [0, 0.05) is 28.9 Å². The zero-order chi connectivity index (χ0) is 18.8. The molecule has 8 heteroatoms. The summed E-state index contributed by atoms with van der Waals surface area (Å²) in [7, 11) is 0. The molecule has 0 spiro atoms. The summed E-state index contributed by atoms with van der Waals surface area (Å²) >= 11 is 14.9. The van der Waals surface area contributed by atoms with Crippen molar-refractivity contribution < 1.29 is 19.8 Å². The second kappa shape index (κ2) is 12.2. The van der Waals surface area contributed by atoms with E-state index in [0.29, 0.717) is 27.3 Å². The van der Waals surface area contributed by atoms with Gasteiger partial charge in [-0.1, -0.05) is 29.3 Å². The highest BCUT2D eigenvalue weighted by Gasteiger charge is 2.33. The first-order valence-electron chi connectivity index (χ1n) is 7.81. The van der Waals surface area contributed by atoms with E-state index in [9.17, 15) is 9.59 Å². The first kappa shape index (κ1) is 22.8. The summed E-state index contributed by atoms with van der Waals surface area (Å²) < 4.78 is 0. The van der Waals surface area contributed by atoms with Crippen LogP contribution in [0.1, 0.15) is 24.2 Å². The largest absolute Gasteiger partial charge is 0.396 e. The molecule has 0 aromatic heterocycles. The van der Waals surface area contributed by atoms with Crippen LogP contribution in [-0.2, 0) is 9.59 Å². The Morgan fingerprint density at radius 3 is 2.32 bits per heavy atom. The van der Waals surface area contributed by atoms with Gasteiger partial charge in [0.05, 0.1) is 29.2 Å². The SMILES string of the molecule is CC(=O)[C@@H](C(=O)CCSCCO)[C@@H](SCCO)c1ccc(Cl)c(Cl)c1. The average Bonchev–Trinajstić information content (AvgIpc) is 2.57. The second-order valence-corrected chi connectivity index (χ2v) is 8.62. The summed E-state index contributed by atoms with van der Waals surface area (Å²) in [6.45, 7) is 1.42. The highest BCUT2D eigenvalue weighted by molar-refractivity contribution is 7.99. The Hall–Kier alpha value is -0.240. The van der Waals surface area contributed by atoms with Gasteiger partial charge in [-0.3, -0.25) is 9.59 Å². The lowest BCUT2D eigenvalue weighted by Crippen LogP contribution is -2.28. The summed E-state index contributed by atoms with van der Waals surface area (Å²) in [5, 5.41) is 18.3. The first-order valence-corrected chi connectivity index (χ1v) is 10.8. The number of Topliss-reactive ketones (excluding diaryl/α,β-unsaturated/α-hetero) is 2. The molecule has 0 saturated heterocycles. The normalized spacial score (nSPS) is 13.5. The molecule has 2 atom stereocenters. The molecule has 0 amide bonds. The molecule has 0 fully saturated rings. The molecule has 2 N–H and O–H groups in total. The van der Waals surface area contributed by atoms with Gasteiger partial charge in [-0.15, -0.1) is 0 Å². The van der Waals surface area contributed by atoms with Crippen LogP contribution in [0, 0.1) is 5.92 Å². The van der Waals surface area contributed by atoms with Crippen LogP contribution in [0.3, 0.4) is 0 Å². The topological polar surface area (TPSA) is 74.6 Å². The summed E-state index contributed by atoms with van der Waals surface area (Å²) in [5.74, 6) is 0.373. The van der Waals surface area contributed by atoms with E-state index in [1.807, 2.05) is 0 Å². The molecular formula is C17H22Cl2O4S2. The Morgan fingerprint density at radius 1 is 1.08 bits per heavy atom. The number of hydrogen-bond acceptors (Lipinski definition) is 6. The van der Waals surface area contributed by atoms with Crippen molar-refractivity contribution in [2.24, 2.45) is 5.92 Å². The maximum atomic E-state index is 12.6. The van der Waals surface area contributed by atoms with Crippen molar-refractivity contribution in [3.05, 3.63) is 33.8 Å². The van der Waals surface area contributed by atoms with Crippen molar-refractivity contribution in [1.82, 2.24) is 0 Å². The number of carbonyl (C=O) groups is 2. The van der Waals surface area contributed by atoms with Gasteiger partial charge in [-0.2, -0.15) is 23.5 Å². The van der Waals surface area contributed by atoms with Crippen LogP contribution < -0.4 is 0 Å². The Kier molecular flexibility index (Phi) is 11.1. The van der Waals surface area contributed by atoms with Crippen LogP contribution in [0.2, 0.25) is 10.0 Å². The van der Waals surface area contributed by atoms with E-state index in [0.717, 1.165) is 5.56 Å². The summed E-state index contributed by atoms with van der Waals surface area (Å²) in [5.41, 5.74) is 0.740. The van der Waals surface area contributed by atoms with Crippen molar-refractivity contribution in [3.63, 3.8) is 0 Å². The zero-order valence-electron chi connectivity index (χ0n) is 13.9. The average molecular weight is 425 g/mol. The van der Waals surface area contributed by atoms with Crippen molar-refractivity contribution >= 4 is 58.3 Å². The van der Waals surface area contributed by atoms with Gasteiger partial charge in [0.1, 0.15) is 11.6 Å². The van der Waals surface area contributed by atoms with Gasteiger partial charge in [-0.05, 0) is 24.6 Å². The molecule has 4 nitrogen and oxygen atoms in total. The van der Waals surface area contributed by atoms with Gasteiger partial charge >= 0.3 is 0 Å². The molecule has 0 aliphatic carbocycles. The van der Waals surface area contributed by atoms with Crippen molar-refractivity contribution in [3.8, 4) is 0 Å². The van der Waals surface area contributed by atoms with Gasteiger partial charge in [0.15, 0.2) is 0 Å². The lowest BCUT2D eigenvalue weighted by Gasteiger charge is -2.24. The number of hydrogen-bond donors (Lipinski definition) is 2. The van der Waals surface area contributed by atoms with Crippen LogP contribution >= 0.6 is 46.7 Å². The summed E-state index contributed by atoms with van der Waals surface area (Å²) in [6.07, 6.45) is 0.256. The molecule has 0 unspecified atom stereocenters. The third-order valence-electron chi connectivity index (χ3n) is 3.48. The van der Waals surface area contributed by atoms with E-state index in [4.69, 9.17) is 33.4 Å². The van der Waals surface area contributed by atoms with Crippen LogP contribution in [0.4, 0.5) is 0 Å². The molecule has 1 aromatic rings. The minimum atomic E-state index is -0.802. The van der Waals surface area contributed by atoms with Crippen molar-refractivity contribution in [2.75, 3.05) is 30.5 Å². The zero-order valence-corrected chi connectivity index (χ0v) is 17.1.